The first-order valence-electron chi connectivity index (χ1n) is 9.27. The van der Waals surface area contributed by atoms with Gasteiger partial charge in [0, 0.05) is 11.6 Å². The van der Waals surface area contributed by atoms with Crippen molar-refractivity contribution in [3.05, 3.63) is 59.4 Å². The molecule has 0 radical (unpaired) electrons. The van der Waals surface area contributed by atoms with E-state index >= 15 is 0 Å². The van der Waals surface area contributed by atoms with Gasteiger partial charge in [-0.15, -0.1) is 0 Å². The molecule has 3 aromatic heterocycles. The largest absolute Gasteiger partial charge is 0.393 e. The third kappa shape index (κ3) is 2.94. The molecule has 5 rings (SSSR count). The van der Waals surface area contributed by atoms with Gasteiger partial charge in [-0.2, -0.15) is 5.10 Å². The fraction of sp³-hybridized carbons (Fsp3) is 0.200. The van der Waals surface area contributed by atoms with E-state index in [-0.39, 0.29) is 22.9 Å². The van der Waals surface area contributed by atoms with Crippen LogP contribution in [-0.2, 0) is 0 Å². The molecule has 10 heteroatoms. The second-order valence-electron chi connectivity index (χ2n) is 7.25. The number of carbonyl (C=O) groups is 1. The molecule has 152 valence electrons. The van der Waals surface area contributed by atoms with Crippen LogP contribution in [0.1, 0.15) is 29.4 Å². The monoisotopic (exact) mass is 426 g/mol. The summed E-state index contributed by atoms with van der Waals surface area (Å²) in [6.45, 7) is 0. The smallest absolute Gasteiger partial charge is 0.269 e. The lowest BCUT2D eigenvalue weighted by atomic mass is 9.89. The number of carbonyl (C=O) groups excluding carboxylic acids is 1. The molecule has 1 fully saturated rings. The maximum absolute atomic E-state index is 13.7. The zero-order chi connectivity index (χ0) is 21.0. The van der Waals surface area contributed by atoms with Crippen molar-refractivity contribution in [2.24, 2.45) is 5.73 Å². The highest BCUT2D eigenvalue weighted by Crippen LogP contribution is 2.39. The Bertz CT molecular complexity index is 1290. The maximum Gasteiger partial charge on any atom is 0.269 e. The lowest BCUT2D eigenvalue weighted by Gasteiger charge is -2.33. The molecule has 8 nitrogen and oxygen atoms in total. The number of hydrogen-bond acceptors (Lipinski definition) is 5. The highest BCUT2D eigenvalue weighted by atomic mass is 35.5. The van der Waals surface area contributed by atoms with Gasteiger partial charge in [-0.05, 0) is 43.2 Å². The van der Waals surface area contributed by atoms with Crippen molar-refractivity contribution in [1.29, 1.82) is 0 Å². The quantitative estimate of drug-likeness (QED) is 0.521. The minimum Gasteiger partial charge on any atom is -0.393 e. The number of fused-ring (bicyclic) bond motifs is 1. The van der Waals surface area contributed by atoms with Crippen LogP contribution in [0.25, 0.3) is 28.3 Å². The topological polar surface area (TPSA) is 111 Å². The van der Waals surface area contributed by atoms with Gasteiger partial charge in [-0.3, -0.25) is 4.79 Å². The number of benzene rings is 1. The van der Waals surface area contributed by atoms with Crippen LogP contribution in [0, 0.1) is 5.82 Å². The van der Waals surface area contributed by atoms with Gasteiger partial charge in [0.2, 0.25) is 0 Å². The number of nitrogens with two attached hydrogens (primary N) is 1. The number of amides is 1. The zero-order valence-corrected chi connectivity index (χ0v) is 16.3. The molecule has 0 aliphatic heterocycles. The van der Waals surface area contributed by atoms with E-state index in [4.69, 9.17) is 17.3 Å². The Morgan fingerprint density at radius 1 is 1.23 bits per heavy atom. The van der Waals surface area contributed by atoms with Crippen LogP contribution in [0.2, 0.25) is 5.02 Å². The zero-order valence-electron chi connectivity index (χ0n) is 15.5. The van der Waals surface area contributed by atoms with Crippen LogP contribution in [0.3, 0.4) is 0 Å². The minimum atomic E-state index is -0.645. The number of aliphatic hydroxyl groups excluding tert-OH is 1. The molecule has 1 aliphatic rings. The third-order valence-electron chi connectivity index (χ3n) is 5.33. The number of aliphatic hydroxyl groups is 1. The molecule has 0 atom stereocenters. The van der Waals surface area contributed by atoms with Gasteiger partial charge in [0.1, 0.15) is 17.2 Å². The number of primary amides is 1. The molecule has 0 bridgehead atoms. The summed E-state index contributed by atoms with van der Waals surface area (Å²) < 4.78 is 17.0. The van der Waals surface area contributed by atoms with Crippen molar-refractivity contribution < 1.29 is 14.3 Å². The van der Waals surface area contributed by atoms with Crippen LogP contribution < -0.4 is 5.73 Å². The molecule has 30 heavy (non-hydrogen) atoms. The molecular formula is C20H16ClFN6O2. The molecule has 4 aromatic rings. The summed E-state index contributed by atoms with van der Waals surface area (Å²) in [5.74, 6) is -1.17. The third-order valence-corrected chi connectivity index (χ3v) is 5.62. The standard InChI is InChI=1S/C20H16ClFN6O2/c21-13-5-10(1-2-14(13)22)18-19(27(9-25-18)11-6-12(29)7-11)15-3-4-17-24-8-16(20(23)30)28(17)26-15/h1-5,8-9,11-12,29H,6-7H2,(H2,23,30)/t11-,12-. The average Bonchev–Trinajstić information content (AvgIpc) is 3.31. The number of rotatable bonds is 4. The fourth-order valence-corrected chi connectivity index (χ4v) is 3.88. The van der Waals surface area contributed by atoms with E-state index in [2.05, 4.69) is 15.1 Å². The van der Waals surface area contributed by atoms with Crippen molar-refractivity contribution in [2.75, 3.05) is 0 Å². The van der Waals surface area contributed by atoms with Gasteiger partial charge < -0.3 is 15.4 Å². The van der Waals surface area contributed by atoms with Gasteiger partial charge in [-0.1, -0.05) is 11.6 Å². The molecule has 0 spiro atoms. The molecule has 1 amide bonds. The first-order valence-corrected chi connectivity index (χ1v) is 9.65. The lowest BCUT2D eigenvalue weighted by Crippen LogP contribution is -2.30. The van der Waals surface area contributed by atoms with Crippen LogP contribution in [0.15, 0.2) is 42.9 Å². The molecular weight excluding hydrogens is 411 g/mol. The Hall–Kier alpha value is -3.30. The number of imidazole rings is 2. The number of aromatic nitrogens is 5. The summed E-state index contributed by atoms with van der Waals surface area (Å²) in [4.78, 5) is 20.4. The van der Waals surface area contributed by atoms with Crippen LogP contribution in [0.4, 0.5) is 4.39 Å². The molecule has 0 saturated heterocycles. The van der Waals surface area contributed by atoms with Gasteiger partial charge in [0.15, 0.2) is 5.65 Å². The van der Waals surface area contributed by atoms with Gasteiger partial charge in [-0.25, -0.2) is 18.9 Å². The second kappa shape index (κ2) is 6.89. The SMILES string of the molecule is NC(=O)c1cnc2ccc(-c3c(-c4ccc(F)c(Cl)c4)ncn3[C@H]3C[C@H](O)C3)nn12. The van der Waals surface area contributed by atoms with E-state index in [1.807, 2.05) is 4.57 Å². The van der Waals surface area contributed by atoms with Crippen LogP contribution in [0.5, 0.6) is 0 Å². The first-order chi connectivity index (χ1) is 14.4. The van der Waals surface area contributed by atoms with Crippen molar-refractivity contribution in [3.63, 3.8) is 0 Å². The van der Waals surface area contributed by atoms with E-state index in [0.717, 1.165) is 0 Å². The van der Waals surface area contributed by atoms with Gasteiger partial charge >= 0.3 is 0 Å². The van der Waals surface area contributed by atoms with E-state index in [1.165, 1.54) is 22.8 Å². The highest BCUT2D eigenvalue weighted by Gasteiger charge is 2.32. The van der Waals surface area contributed by atoms with Crippen LogP contribution in [-0.4, -0.2) is 41.3 Å². The Kier molecular flexibility index (Phi) is 4.30. The van der Waals surface area contributed by atoms with E-state index < -0.39 is 11.7 Å². The highest BCUT2D eigenvalue weighted by molar-refractivity contribution is 6.31. The van der Waals surface area contributed by atoms with Gasteiger partial charge in [0.25, 0.3) is 5.91 Å². The Morgan fingerprint density at radius 2 is 2.03 bits per heavy atom. The Labute approximate surface area is 174 Å². The van der Waals surface area contributed by atoms with Crippen molar-refractivity contribution >= 4 is 23.2 Å². The predicted molar refractivity (Wildman–Crippen MR) is 107 cm³/mol. The van der Waals surface area contributed by atoms with Gasteiger partial charge in [0.05, 0.1) is 35.0 Å². The molecule has 0 unspecified atom stereocenters. The molecule has 1 aromatic carbocycles. The van der Waals surface area contributed by atoms with E-state index in [9.17, 15) is 14.3 Å². The molecule has 3 N–H and O–H groups in total. The maximum atomic E-state index is 13.7. The summed E-state index contributed by atoms with van der Waals surface area (Å²) in [6, 6.07) is 7.92. The number of halogens is 2. The predicted octanol–water partition coefficient (Wildman–Crippen LogP) is 2.85. The minimum absolute atomic E-state index is 0.0129. The molecule has 1 saturated carbocycles. The van der Waals surface area contributed by atoms with Crippen molar-refractivity contribution in [1.82, 2.24) is 24.1 Å². The van der Waals surface area contributed by atoms with Crippen LogP contribution >= 0.6 is 11.6 Å². The molecule has 1 aliphatic carbocycles. The molecule has 3 heterocycles. The van der Waals surface area contributed by atoms with E-state index in [0.29, 0.717) is 41.1 Å². The van der Waals surface area contributed by atoms with Crippen molar-refractivity contribution in [2.45, 2.75) is 25.0 Å². The lowest BCUT2D eigenvalue weighted by molar-refractivity contribution is 0.0491. The first kappa shape index (κ1) is 18.7. The van der Waals surface area contributed by atoms with Crippen molar-refractivity contribution in [3.8, 4) is 22.6 Å². The van der Waals surface area contributed by atoms with E-state index in [1.54, 1.807) is 24.5 Å². The number of hydrogen-bond donors (Lipinski definition) is 2. The summed E-state index contributed by atoms with van der Waals surface area (Å²) in [7, 11) is 0. The summed E-state index contributed by atoms with van der Waals surface area (Å²) in [5.41, 5.74) is 8.44. The Balaban J connectivity index is 1.72. The number of nitrogens with zero attached hydrogens (tertiary/aromatic N) is 5. The fourth-order valence-electron chi connectivity index (χ4n) is 3.70. The summed E-state index contributed by atoms with van der Waals surface area (Å²) in [6.07, 6.45) is 3.86. The normalized spacial score (nSPS) is 18.5. The second-order valence-corrected chi connectivity index (χ2v) is 7.66. The summed E-state index contributed by atoms with van der Waals surface area (Å²) in [5, 5.41) is 14.3. The average molecular weight is 427 g/mol. The Morgan fingerprint density at radius 3 is 2.73 bits per heavy atom. The summed E-state index contributed by atoms with van der Waals surface area (Å²) >= 11 is 5.99.